The topological polar surface area (TPSA) is 97.4 Å². The van der Waals surface area contributed by atoms with Gasteiger partial charge in [0.2, 0.25) is 0 Å². The number of halogens is 1. The van der Waals surface area contributed by atoms with E-state index in [1.54, 1.807) is 30.3 Å². The summed E-state index contributed by atoms with van der Waals surface area (Å²) in [6.45, 7) is 0. The van der Waals surface area contributed by atoms with Crippen LogP contribution in [0.3, 0.4) is 0 Å². The quantitative estimate of drug-likeness (QED) is 0.810. The highest BCUT2D eigenvalue weighted by atomic mass is 79.9. The highest BCUT2D eigenvalue weighted by Gasteiger charge is 2.12. The van der Waals surface area contributed by atoms with Gasteiger partial charge < -0.3 is 20.8 Å². The molecule has 0 saturated heterocycles. The number of carbonyl (C=O) groups excluding carboxylic acids is 2. The maximum absolute atomic E-state index is 11.9. The molecule has 0 unspecified atom stereocenters. The van der Waals surface area contributed by atoms with Crippen molar-refractivity contribution in [1.29, 1.82) is 0 Å². The molecular formula is C12H10BrN3O3. The molecule has 98 valence electrons. The summed E-state index contributed by atoms with van der Waals surface area (Å²) in [4.78, 5) is 22.5. The lowest BCUT2D eigenvalue weighted by Crippen LogP contribution is -2.19. The number of hydrogen-bond donors (Lipinski definition) is 3. The number of rotatable bonds is 3. The number of amides is 3. The summed E-state index contributed by atoms with van der Waals surface area (Å²) in [6.07, 6.45) is 1.42. The third-order valence-electron chi connectivity index (χ3n) is 2.27. The first-order valence-electron chi connectivity index (χ1n) is 5.27. The minimum atomic E-state index is -0.640. The van der Waals surface area contributed by atoms with Crippen molar-refractivity contribution < 1.29 is 14.0 Å². The molecule has 3 amide bonds. The third kappa shape index (κ3) is 3.35. The molecule has 0 aliphatic heterocycles. The van der Waals surface area contributed by atoms with E-state index >= 15 is 0 Å². The molecule has 2 aromatic rings. The highest BCUT2D eigenvalue weighted by molar-refractivity contribution is 9.10. The predicted octanol–water partition coefficient (Wildman–Crippen LogP) is 2.79. The van der Waals surface area contributed by atoms with Gasteiger partial charge in [-0.15, -0.1) is 0 Å². The molecule has 1 aromatic carbocycles. The van der Waals surface area contributed by atoms with E-state index in [-0.39, 0.29) is 5.91 Å². The van der Waals surface area contributed by atoms with Crippen LogP contribution in [0.5, 0.6) is 0 Å². The average molecular weight is 324 g/mol. The number of carbonyl (C=O) groups is 2. The Bertz CT molecular complexity index is 607. The monoisotopic (exact) mass is 323 g/mol. The Morgan fingerprint density at radius 2 is 1.63 bits per heavy atom. The fraction of sp³-hybridized carbons (Fsp3) is 0. The molecule has 0 bridgehead atoms. The molecule has 7 heteroatoms. The summed E-state index contributed by atoms with van der Waals surface area (Å²) < 4.78 is 5.35. The molecule has 0 radical (unpaired) electrons. The maximum atomic E-state index is 11.9. The van der Waals surface area contributed by atoms with Gasteiger partial charge in [0.15, 0.2) is 4.67 Å². The first kappa shape index (κ1) is 13.2. The minimum Gasteiger partial charge on any atom is -0.457 e. The van der Waals surface area contributed by atoms with Gasteiger partial charge in [-0.25, -0.2) is 4.79 Å². The van der Waals surface area contributed by atoms with E-state index < -0.39 is 6.03 Å². The predicted molar refractivity (Wildman–Crippen MR) is 74.0 cm³/mol. The number of benzene rings is 1. The highest BCUT2D eigenvalue weighted by Crippen LogP contribution is 2.20. The van der Waals surface area contributed by atoms with Crippen LogP contribution in [-0.4, -0.2) is 11.9 Å². The summed E-state index contributed by atoms with van der Waals surface area (Å²) >= 11 is 3.13. The number of furan rings is 1. The van der Waals surface area contributed by atoms with Crippen LogP contribution in [-0.2, 0) is 0 Å². The Morgan fingerprint density at radius 1 is 1.05 bits per heavy atom. The molecular weight excluding hydrogens is 314 g/mol. The van der Waals surface area contributed by atoms with Crippen molar-refractivity contribution in [3.8, 4) is 0 Å². The second-order valence-electron chi connectivity index (χ2n) is 3.63. The molecule has 4 N–H and O–H groups in total. The zero-order chi connectivity index (χ0) is 13.8. The zero-order valence-corrected chi connectivity index (χ0v) is 11.2. The molecule has 2 rings (SSSR count). The van der Waals surface area contributed by atoms with E-state index in [0.29, 0.717) is 21.6 Å². The van der Waals surface area contributed by atoms with Gasteiger partial charge in [-0.05, 0) is 46.3 Å². The van der Waals surface area contributed by atoms with E-state index in [1.807, 2.05) is 0 Å². The lowest BCUT2D eigenvalue weighted by atomic mass is 10.2. The van der Waals surface area contributed by atoms with Crippen molar-refractivity contribution in [2.24, 2.45) is 5.73 Å². The number of hydrogen-bond acceptors (Lipinski definition) is 3. The summed E-state index contributed by atoms with van der Waals surface area (Å²) in [5.41, 5.74) is 6.53. The van der Waals surface area contributed by atoms with Crippen molar-refractivity contribution in [3.63, 3.8) is 0 Å². The van der Waals surface area contributed by atoms with Gasteiger partial charge in [0.1, 0.15) is 0 Å². The van der Waals surface area contributed by atoms with Crippen LogP contribution in [0.15, 0.2) is 45.7 Å². The molecule has 0 spiro atoms. The van der Waals surface area contributed by atoms with E-state index in [1.165, 1.54) is 6.26 Å². The third-order valence-corrected chi connectivity index (χ3v) is 2.89. The summed E-state index contributed by atoms with van der Waals surface area (Å²) in [7, 11) is 0. The lowest BCUT2D eigenvalue weighted by molar-refractivity contribution is 0.102. The Morgan fingerprint density at radius 3 is 2.11 bits per heavy atom. The molecule has 0 saturated carbocycles. The van der Waals surface area contributed by atoms with Crippen molar-refractivity contribution in [3.05, 3.63) is 46.8 Å². The van der Waals surface area contributed by atoms with Gasteiger partial charge in [0, 0.05) is 11.4 Å². The van der Waals surface area contributed by atoms with E-state index in [2.05, 4.69) is 26.6 Å². The molecule has 19 heavy (non-hydrogen) atoms. The average Bonchev–Trinajstić information content (AvgIpc) is 2.77. The second-order valence-corrected chi connectivity index (χ2v) is 4.35. The normalized spacial score (nSPS) is 9.95. The Hall–Kier alpha value is -2.28. The van der Waals surface area contributed by atoms with Gasteiger partial charge >= 0.3 is 6.03 Å². The maximum Gasteiger partial charge on any atom is 0.316 e. The first-order chi connectivity index (χ1) is 9.06. The van der Waals surface area contributed by atoms with Gasteiger partial charge in [-0.1, -0.05) is 0 Å². The zero-order valence-electron chi connectivity index (χ0n) is 9.64. The largest absolute Gasteiger partial charge is 0.457 e. The van der Waals surface area contributed by atoms with E-state index in [0.717, 1.165) is 0 Å². The summed E-state index contributed by atoms with van der Waals surface area (Å²) in [6, 6.07) is 7.48. The Labute approximate surface area is 117 Å². The Balaban J connectivity index is 2.06. The molecule has 0 fully saturated rings. The van der Waals surface area contributed by atoms with Gasteiger partial charge in [-0.3, -0.25) is 4.79 Å². The van der Waals surface area contributed by atoms with Crippen LogP contribution in [0, 0.1) is 0 Å². The SMILES string of the molecule is NC(=O)Nc1ccc(NC(=O)c2ccoc2Br)cc1. The van der Waals surface area contributed by atoms with Crippen LogP contribution in [0.1, 0.15) is 10.4 Å². The summed E-state index contributed by atoms with van der Waals surface area (Å²) in [5, 5.41) is 5.12. The number of primary amides is 1. The van der Waals surface area contributed by atoms with Crippen LogP contribution < -0.4 is 16.4 Å². The van der Waals surface area contributed by atoms with Crippen molar-refractivity contribution in [2.75, 3.05) is 10.6 Å². The van der Waals surface area contributed by atoms with Crippen molar-refractivity contribution in [2.45, 2.75) is 0 Å². The van der Waals surface area contributed by atoms with Gasteiger partial charge in [0.05, 0.1) is 11.8 Å². The first-order valence-corrected chi connectivity index (χ1v) is 6.06. The van der Waals surface area contributed by atoms with Crippen LogP contribution >= 0.6 is 15.9 Å². The van der Waals surface area contributed by atoms with Crippen molar-refractivity contribution in [1.82, 2.24) is 0 Å². The smallest absolute Gasteiger partial charge is 0.316 e. The number of urea groups is 1. The standard InChI is InChI=1S/C12H10BrN3O3/c13-10-9(5-6-19-10)11(17)15-7-1-3-8(4-2-7)16-12(14)18/h1-6H,(H,15,17)(H3,14,16,18). The lowest BCUT2D eigenvalue weighted by Gasteiger charge is -2.06. The van der Waals surface area contributed by atoms with E-state index in [4.69, 9.17) is 10.2 Å². The molecule has 0 aliphatic rings. The molecule has 0 atom stereocenters. The summed E-state index contributed by atoms with van der Waals surface area (Å²) in [5.74, 6) is -0.295. The molecule has 1 aromatic heterocycles. The van der Waals surface area contributed by atoms with Crippen LogP contribution in [0.2, 0.25) is 0 Å². The van der Waals surface area contributed by atoms with Crippen LogP contribution in [0.4, 0.5) is 16.2 Å². The van der Waals surface area contributed by atoms with Crippen LogP contribution in [0.25, 0.3) is 0 Å². The van der Waals surface area contributed by atoms with E-state index in [9.17, 15) is 9.59 Å². The number of nitrogens with two attached hydrogens (primary N) is 1. The fourth-order valence-electron chi connectivity index (χ4n) is 1.43. The Kier molecular flexibility index (Phi) is 3.86. The minimum absolute atomic E-state index is 0.295. The molecule has 1 heterocycles. The number of nitrogens with one attached hydrogen (secondary N) is 2. The second kappa shape index (κ2) is 5.57. The van der Waals surface area contributed by atoms with Gasteiger partial charge in [0.25, 0.3) is 5.91 Å². The number of anilines is 2. The molecule has 0 aliphatic carbocycles. The molecule has 6 nitrogen and oxygen atoms in total. The van der Waals surface area contributed by atoms with Crippen molar-refractivity contribution >= 4 is 39.2 Å². The fourth-order valence-corrected chi connectivity index (χ4v) is 1.85. The van der Waals surface area contributed by atoms with Gasteiger partial charge in [-0.2, -0.15) is 0 Å².